The second-order valence-corrected chi connectivity index (χ2v) is 8.25. The average molecular weight is 432 g/mol. The molecule has 2 atom stereocenters. The minimum absolute atomic E-state index is 0.0489. The third-order valence-electron chi connectivity index (χ3n) is 5.66. The summed E-state index contributed by atoms with van der Waals surface area (Å²) in [7, 11) is 1.41. The van der Waals surface area contributed by atoms with Crippen molar-refractivity contribution >= 4 is 17.5 Å². The van der Waals surface area contributed by atoms with Gasteiger partial charge in [-0.1, -0.05) is 17.7 Å². The second kappa shape index (κ2) is 8.30. The number of carbonyl (C=O) groups is 3. The van der Waals surface area contributed by atoms with Crippen LogP contribution in [-0.2, 0) is 22.7 Å². The van der Waals surface area contributed by atoms with Gasteiger partial charge < -0.3 is 5.32 Å². The molecule has 1 amide bonds. The van der Waals surface area contributed by atoms with E-state index in [9.17, 15) is 23.2 Å². The van der Waals surface area contributed by atoms with Gasteiger partial charge >= 0.3 is 6.05 Å². The SMILES string of the molecule is Cc1cc(C)c(C2C(=O)CC(CCNC(=O)c3nn(C)cc3C(N)(F)F)C2=O)c(C)c1. The van der Waals surface area contributed by atoms with Crippen molar-refractivity contribution in [2.75, 3.05) is 6.54 Å². The van der Waals surface area contributed by atoms with Crippen molar-refractivity contribution in [1.82, 2.24) is 15.1 Å². The Morgan fingerprint density at radius 1 is 1.26 bits per heavy atom. The van der Waals surface area contributed by atoms with E-state index in [1.54, 1.807) is 0 Å². The zero-order valence-electron chi connectivity index (χ0n) is 18.0. The fraction of sp³-hybridized carbons (Fsp3) is 0.455. The molecule has 3 N–H and O–H groups in total. The number of benzene rings is 1. The Morgan fingerprint density at radius 3 is 2.45 bits per heavy atom. The van der Waals surface area contributed by atoms with Gasteiger partial charge in [-0.25, -0.2) is 0 Å². The molecule has 7 nitrogen and oxygen atoms in total. The third-order valence-corrected chi connectivity index (χ3v) is 5.66. The van der Waals surface area contributed by atoms with Crippen molar-refractivity contribution in [2.45, 2.75) is 45.6 Å². The molecule has 166 valence electrons. The first-order chi connectivity index (χ1) is 14.4. The van der Waals surface area contributed by atoms with Gasteiger partial charge in [0.2, 0.25) is 0 Å². The molecule has 1 heterocycles. The average Bonchev–Trinajstić information content (AvgIpc) is 3.16. The molecule has 0 saturated heterocycles. The van der Waals surface area contributed by atoms with Crippen LogP contribution >= 0.6 is 0 Å². The van der Waals surface area contributed by atoms with Gasteiger partial charge in [-0.05, 0) is 43.9 Å². The van der Waals surface area contributed by atoms with Crippen LogP contribution in [0.3, 0.4) is 0 Å². The molecule has 9 heteroatoms. The van der Waals surface area contributed by atoms with Crippen LogP contribution in [0.5, 0.6) is 0 Å². The number of nitrogens with one attached hydrogen (secondary N) is 1. The molecule has 0 radical (unpaired) electrons. The number of alkyl halides is 2. The van der Waals surface area contributed by atoms with Crippen LogP contribution in [0.1, 0.15) is 57.1 Å². The van der Waals surface area contributed by atoms with E-state index in [1.165, 1.54) is 7.05 Å². The second-order valence-electron chi connectivity index (χ2n) is 8.25. The van der Waals surface area contributed by atoms with E-state index < -0.39 is 35.0 Å². The Labute approximate surface area is 179 Å². The fourth-order valence-corrected chi connectivity index (χ4v) is 4.39. The molecule has 3 rings (SSSR count). The Balaban J connectivity index is 1.67. The van der Waals surface area contributed by atoms with Crippen LogP contribution in [-0.4, -0.2) is 33.8 Å². The minimum atomic E-state index is -3.70. The van der Waals surface area contributed by atoms with Crippen LogP contribution in [0.4, 0.5) is 8.78 Å². The smallest absolute Gasteiger partial charge is 0.330 e. The number of nitrogens with two attached hydrogens (primary N) is 1. The molecule has 0 spiro atoms. The summed E-state index contributed by atoms with van der Waals surface area (Å²) in [6, 6.07) is 0.202. The van der Waals surface area contributed by atoms with Crippen molar-refractivity contribution in [2.24, 2.45) is 18.7 Å². The Bertz CT molecular complexity index is 1030. The summed E-state index contributed by atoms with van der Waals surface area (Å²) in [5, 5.41) is 6.26. The lowest BCUT2D eigenvalue weighted by atomic mass is 9.86. The number of nitrogens with zero attached hydrogens (tertiary/aromatic N) is 2. The molecule has 1 fully saturated rings. The standard InChI is InChI=1S/C22H26F2N4O3/c1-11-7-12(2)17(13(3)8-11)18-16(29)9-14(20(18)30)5-6-26-21(31)19-15(22(23,24)25)10-28(4)27-19/h7-8,10,14,18H,5-6,9,25H2,1-4H3,(H,26,31). The maximum absolute atomic E-state index is 13.5. The largest absolute Gasteiger partial charge is 0.351 e. The molecule has 1 aromatic carbocycles. The number of halogens is 2. The number of carbonyl (C=O) groups excluding carboxylic acids is 3. The lowest BCUT2D eigenvalue weighted by Gasteiger charge is -2.16. The maximum atomic E-state index is 13.5. The molecule has 0 aliphatic heterocycles. The Morgan fingerprint density at radius 2 is 1.87 bits per heavy atom. The number of aromatic nitrogens is 2. The zero-order valence-corrected chi connectivity index (χ0v) is 18.0. The molecular weight excluding hydrogens is 406 g/mol. The highest BCUT2D eigenvalue weighted by atomic mass is 19.3. The third kappa shape index (κ3) is 4.56. The summed E-state index contributed by atoms with van der Waals surface area (Å²) < 4.78 is 28.1. The van der Waals surface area contributed by atoms with Crippen molar-refractivity contribution < 1.29 is 23.2 Å². The highest BCUT2D eigenvalue weighted by Crippen LogP contribution is 2.37. The van der Waals surface area contributed by atoms with Crippen molar-refractivity contribution in [3.8, 4) is 0 Å². The molecule has 2 aromatic rings. The molecule has 1 aliphatic rings. The maximum Gasteiger partial charge on any atom is 0.330 e. The zero-order chi connectivity index (χ0) is 23.1. The number of rotatable bonds is 6. The van der Waals surface area contributed by atoms with E-state index in [-0.39, 0.29) is 31.0 Å². The summed E-state index contributed by atoms with van der Waals surface area (Å²) in [4.78, 5) is 37.9. The normalized spacial score (nSPS) is 19.2. The molecule has 0 bridgehead atoms. The Kier molecular flexibility index (Phi) is 6.09. The Hall–Kier alpha value is -2.94. The van der Waals surface area contributed by atoms with E-state index in [2.05, 4.69) is 10.4 Å². The van der Waals surface area contributed by atoms with Crippen LogP contribution in [0.2, 0.25) is 0 Å². The van der Waals surface area contributed by atoms with Crippen LogP contribution < -0.4 is 11.1 Å². The van der Waals surface area contributed by atoms with E-state index in [4.69, 9.17) is 5.73 Å². The van der Waals surface area contributed by atoms with Crippen molar-refractivity contribution in [1.29, 1.82) is 0 Å². The monoisotopic (exact) mass is 432 g/mol. The van der Waals surface area contributed by atoms with E-state index in [0.29, 0.717) is 0 Å². The number of hydrogen-bond donors (Lipinski definition) is 2. The topological polar surface area (TPSA) is 107 Å². The molecule has 1 aromatic heterocycles. The fourth-order valence-electron chi connectivity index (χ4n) is 4.39. The van der Waals surface area contributed by atoms with Gasteiger partial charge in [0.25, 0.3) is 5.91 Å². The van der Waals surface area contributed by atoms with Crippen LogP contribution in [0.25, 0.3) is 0 Å². The van der Waals surface area contributed by atoms with Gasteiger partial charge in [-0.3, -0.25) is 24.8 Å². The quantitative estimate of drug-likeness (QED) is 0.539. The van der Waals surface area contributed by atoms with Gasteiger partial charge in [0, 0.05) is 32.1 Å². The van der Waals surface area contributed by atoms with Crippen LogP contribution in [0.15, 0.2) is 18.3 Å². The number of amides is 1. The van der Waals surface area contributed by atoms with Gasteiger partial charge in [0.05, 0.1) is 5.56 Å². The van der Waals surface area contributed by atoms with E-state index in [1.807, 2.05) is 32.9 Å². The molecule has 1 aliphatic carbocycles. The minimum Gasteiger partial charge on any atom is -0.351 e. The van der Waals surface area contributed by atoms with Crippen molar-refractivity contribution in [3.63, 3.8) is 0 Å². The molecule has 2 unspecified atom stereocenters. The van der Waals surface area contributed by atoms with Gasteiger partial charge in [0.15, 0.2) is 11.5 Å². The molecular formula is C22H26F2N4O3. The first kappa shape index (κ1) is 22.7. The number of Topliss-reactive ketones (excluding diaryl/α,β-unsaturated/α-hetero) is 2. The molecule has 31 heavy (non-hydrogen) atoms. The summed E-state index contributed by atoms with van der Waals surface area (Å²) in [5.41, 5.74) is 7.32. The predicted molar refractivity (Wildman–Crippen MR) is 110 cm³/mol. The summed E-state index contributed by atoms with van der Waals surface area (Å²) in [6.45, 7) is 5.79. The predicted octanol–water partition coefficient (Wildman–Crippen LogP) is 2.42. The highest BCUT2D eigenvalue weighted by Gasteiger charge is 2.43. The van der Waals surface area contributed by atoms with Crippen LogP contribution in [0, 0.1) is 26.7 Å². The van der Waals surface area contributed by atoms with E-state index >= 15 is 0 Å². The summed E-state index contributed by atoms with van der Waals surface area (Å²) >= 11 is 0. The van der Waals surface area contributed by atoms with Crippen molar-refractivity contribution in [3.05, 3.63) is 51.8 Å². The lowest BCUT2D eigenvalue weighted by Crippen LogP contribution is -2.32. The van der Waals surface area contributed by atoms with Gasteiger partial charge in [-0.2, -0.15) is 13.9 Å². The first-order valence-electron chi connectivity index (χ1n) is 10.0. The van der Waals surface area contributed by atoms with Gasteiger partial charge in [0.1, 0.15) is 11.7 Å². The molecule has 1 saturated carbocycles. The first-order valence-corrected chi connectivity index (χ1v) is 10.0. The lowest BCUT2D eigenvalue weighted by molar-refractivity contribution is -0.124. The highest BCUT2D eigenvalue weighted by molar-refractivity contribution is 6.15. The number of ketones is 2. The summed E-state index contributed by atoms with van der Waals surface area (Å²) in [5.74, 6) is -2.43. The van der Waals surface area contributed by atoms with Gasteiger partial charge in [-0.15, -0.1) is 0 Å². The number of aryl methyl sites for hydroxylation is 4. The number of hydrogen-bond acceptors (Lipinski definition) is 5. The summed E-state index contributed by atoms with van der Waals surface area (Å²) in [6.07, 6.45) is 1.32. The van der Waals surface area contributed by atoms with E-state index in [0.717, 1.165) is 33.1 Å².